The molecule has 9 heteroatoms. The monoisotopic (exact) mass is 432 g/mol. The highest BCUT2D eigenvalue weighted by atomic mass is 79.9. The Kier molecular flexibility index (Phi) is 5.38. The predicted molar refractivity (Wildman–Crippen MR) is 97.2 cm³/mol. The summed E-state index contributed by atoms with van der Waals surface area (Å²) in [5.41, 5.74) is 1.37. The molecule has 0 radical (unpaired) electrons. The van der Waals surface area contributed by atoms with E-state index < -0.39 is 19.9 Å². The molecular weight excluding hydrogens is 416 g/mol. The molecule has 2 aromatic carbocycles. The number of nitrogens with two attached hydrogens (primary N) is 1. The minimum Gasteiger partial charge on any atom is -0.369 e. The molecule has 0 aromatic heterocycles. The van der Waals surface area contributed by atoms with Crippen LogP contribution < -0.4 is 10.0 Å². The number of rotatable bonds is 5. The van der Waals surface area contributed by atoms with Crippen molar-refractivity contribution in [3.8, 4) is 0 Å². The summed E-state index contributed by atoms with van der Waals surface area (Å²) in [7, 11) is -5.89. The SMILES string of the molecule is CN(Cc1ccccc1Br)c1ccc(S(N)(=O)=O)cc1S(C)(=O)=O. The largest absolute Gasteiger partial charge is 0.369 e. The van der Waals surface area contributed by atoms with Crippen LogP contribution in [0.25, 0.3) is 0 Å². The Morgan fingerprint density at radius 2 is 1.71 bits per heavy atom. The summed E-state index contributed by atoms with van der Waals surface area (Å²) in [6.07, 6.45) is 1.03. The molecule has 0 saturated carbocycles. The average molecular weight is 433 g/mol. The van der Waals surface area contributed by atoms with Crippen LogP contribution in [0.4, 0.5) is 5.69 Å². The van der Waals surface area contributed by atoms with Gasteiger partial charge in [-0.3, -0.25) is 0 Å². The van der Waals surface area contributed by atoms with Gasteiger partial charge < -0.3 is 4.90 Å². The van der Waals surface area contributed by atoms with Crippen molar-refractivity contribution in [1.82, 2.24) is 0 Å². The van der Waals surface area contributed by atoms with Gasteiger partial charge in [0.15, 0.2) is 9.84 Å². The van der Waals surface area contributed by atoms with E-state index in [1.54, 1.807) is 11.9 Å². The minimum absolute atomic E-state index is 0.0800. The van der Waals surface area contributed by atoms with E-state index in [4.69, 9.17) is 5.14 Å². The molecule has 0 saturated heterocycles. The topological polar surface area (TPSA) is 97.5 Å². The van der Waals surface area contributed by atoms with Crippen molar-refractivity contribution in [1.29, 1.82) is 0 Å². The van der Waals surface area contributed by atoms with Crippen molar-refractivity contribution in [3.05, 3.63) is 52.5 Å². The summed E-state index contributed by atoms with van der Waals surface area (Å²) < 4.78 is 48.1. The predicted octanol–water partition coefficient (Wildman–Crippen LogP) is 2.14. The number of sulfone groups is 1. The molecule has 130 valence electrons. The number of nitrogens with zero attached hydrogens (tertiary/aromatic N) is 1. The molecule has 0 aliphatic carbocycles. The second kappa shape index (κ2) is 6.83. The summed E-state index contributed by atoms with van der Waals surface area (Å²) in [6, 6.07) is 11.4. The lowest BCUT2D eigenvalue weighted by Gasteiger charge is -2.23. The fraction of sp³-hybridized carbons (Fsp3) is 0.200. The molecule has 0 aliphatic heterocycles. The van der Waals surface area contributed by atoms with Crippen molar-refractivity contribution >= 4 is 41.5 Å². The van der Waals surface area contributed by atoms with Gasteiger partial charge in [-0.25, -0.2) is 22.0 Å². The Morgan fingerprint density at radius 3 is 2.25 bits per heavy atom. The van der Waals surface area contributed by atoms with Crippen molar-refractivity contribution in [2.45, 2.75) is 16.3 Å². The lowest BCUT2D eigenvalue weighted by atomic mass is 10.2. The van der Waals surface area contributed by atoms with Gasteiger partial charge in [0.2, 0.25) is 10.0 Å². The molecule has 24 heavy (non-hydrogen) atoms. The molecule has 0 aliphatic rings. The van der Waals surface area contributed by atoms with E-state index in [0.29, 0.717) is 12.2 Å². The van der Waals surface area contributed by atoms with Crippen LogP contribution >= 0.6 is 15.9 Å². The van der Waals surface area contributed by atoms with Crippen LogP contribution in [0.2, 0.25) is 0 Å². The molecule has 0 fully saturated rings. The first-order valence-electron chi connectivity index (χ1n) is 6.81. The summed E-state index contributed by atoms with van der Waals surface area (Å²) in [4.78, 5) is 1.42. The van der Waals surface area contributed by atoms with Gasteiger partial charge in [0.25, 0.3) is 0 Å². The Hall–Kier alpha value is -1.42. The van der Waals surface area contributed by atoms with Crippen molar-refractivity contribution < 1.29 is 16.8 Å². The third-order valence-electron chi connectivity index (χ3n) is 3.44. The van der Waals surface area contributed by atoms with Crippen LogP contribution in [0, 0.1) is 0 Å². The van der Waals surface area contributed by atoms with E-state index in [1.165, 1.54) is 12.1 Å². The van der Waals surface area contributed by atoms with Gasteiger partial charge in [0.1, 0.15) is 0 Å². The molecule has 0 unspecified atom stereocenters. The zero-order valence-corrected chi connectivity index (χ0v) is 16.3. The van der Waals surface area contributed by atoms with Gasteiger partial charge in [-0.05, 0) is 29.8 Å². The number of benzene rings is 2. The van der Waals surface area contributed by atoms with Crippen LogP contribution in [0.3, 0.4) is 0 Å². The first kappa shape index (κ1) is 18.9. The minimum atomic E-state index is -3.98. The number of anilines is 1. The molecule has 0 bridgehead atoms. The molecule has 2 N–H and O–H groups in total. The maximum Gasteiger partial charge on any atom is 0.238 e. The van der Waals surface area contributed by atoms with E-state index in [2.05, 4.69) is 15.9 Å². The molecule has 2 rings (SSSR count). The Labute approximate surface area is 150 Å². The highest BCUT2D eigenvalue weighted by Crippen LogP contribution is 2.29. The number of hydrogen-bond acceptors (Lipinski definition) is 5. The first-order valence-corrected chi connectivity index (χ1v) is 11.0. The average Bonchev–Trinajstić information content (AvgIpc) is 2.47. The molecule has 0 heterocycles. The van der Waals surface area contributed by atoms with Crippen molar-refractivity contribution in [3.63, 3.8) is 0 Å². The number of primary sulfonamides is 1. The second-order valence-electron chi connectivity index (χ2n) is 5.39. The van der Waals surface area contributed by atoms with Crippen LogP contribution in [-0.4, -0.2) is 30.1 Å². The summed E-state index contributed by atoms with van der Waals surface area (Å²) in [5.74, 6) is 0. The lowest BCUT2D eigenvalue weighted by molar-refractivity contribution is 0.597. The van der Waals surface area contributed by atoms with Gasteiger partial charge in [0, 0.05) is 24.3 Å². The van der Waals surface area contributed by atoms with Gasteiger partial charge in [-0.15, -0.1) is 0 Å². The number of halogens is 1. The zero-order valence-electron chi connectivity index (χ0n) is 13.1. The van der Waals surface area contributed by atoms with Crippen molar-refractivity contribution in [2.75, 3.05) is 18.2 Å². The molecule has 0 amide bonds. The van der Waals surface area contributed by atoms with Gasteiger partial charge in [-0.1, -0.05) is 34.1 Å². The quantitative estimate of drug-likeness (QED) is 0.779. The summed E-state index contributed by atoms with van der Waals surface area (Å²) in [5, 5.41) is 5.10. The van der Waals surface area contributed by atoms with Gasteiger partial charge >= 0.3 is 0 Å². The smallest absolute Gasteiger partial charge is 0.238 e. The van der Waals surface area contributed by atoms with E-state index >= 15 is 0 Å². The molecule has 6 nitrogen and oxygen atoms in total. The molecular formula is C15H17BrN2O4S2. The highest BCUT2D eigenvalue weighted by Gasteiger charge is 2.20. The number of hydrogen-bond donors (Lipinski definition) is 1. The third kappa shape index (κ3) is 4.35. The number of sulfonamides is 1. The third-order valence-corrected chi connectivity index (χ3v) is 6.25. The van der Waals surface area contributed by atoms with E-state index in [0.717, 1.165) is 22.4 Å². The lowest BCUT2D eigenvalue weighted by Crippen LogP contribution is -2.20. The second-order valence-corrected chi connectivity index (χ2v) is 9.79. The molecule has 0 spiro atoms. The van der Waals surface area contributed by atoms with Crippen LogP contribution in [0.5, 0.6) is 0 Å². The summed E-state index contributed by atoms with van der Waals surface area (Å²) in [6.45, 7) is 0.443. The van der Waals surface area contributed by atoms with Gasteiger partial charge in [-0.2, -0.15) is 0 Å². The van der Waals surface area contributed by atoms with E-state index in [-0.39, 0.29) is 9.79 Å². The fourth-order valence-corrected chi connectivity index (χ4v) is 4.22. The van der Waals surface area contributed by atoms with E-state index in [9.17, 15) is 16.8 Å². The first-order chi connectivity index (χ1) is 11.0. The van der Waals surface area contributed by atoms with Crippen LogP contribution in [0.1, 0.15) is 5.56 Å². The Bertz CT molecular complexity index is 973. The van der Waals surface area contributed by atoms with Crippen molar-refractivity contribution in [2.24, 2.45) is 5.14 Å². The zero-order chi connectivity index (χ0) is 18.1. The maximum atomic E-state index is 12.1. The molecule has 2 aromatic rings. The van der Waals surface area contributed by atoms with Crippen LogP contribution in [-0.2, 0) is 26.4 Å². The van der Waals surface area contributed by atoms with Gasteiger partial charge in [0.05, 0.1) is 15.5 Å². The van der Waals surface area contributed by atoms with E-state index in [1.807, 2.05) is 24.3 Å². The summed E-state index contributed by atoms with van der Waals surface area (Å²) >= 11 is 3.45. The molecule has 0 atom stereocenters. The normalized spacial score (nSPS) is 12.2. The maximum absolute atomic E-state index is 12.1. The standard InChI is InChI=1S/C15H17BrN2O4S2/c1-18(10-11-5-3-4-6-13(11)16)14-8-7-12(24(17,21)22)9-15(14)23(2,19)20/h3-9H,10H2,1-2H3,(H2,17,21,22). The Morgan fingerprint density at radius 1 is 1.08 bits per heavy atom. The fourth-order valence-electron chi connectivity index (χ4n) is 2.25. The Balaban J connectivity index is 2.51. The highest BCUT2D eigenvalue weighted by molar-refractivity contribution is 9.10. The van der Waals surface area contributed by atoms with Crippen LogP contribution in [0.15, 0.2) is 56.7 Å².